The van der Waals surface area contributed by atoms with Crippen molar-refractivity contribution >= 4 is 17.5 Å². The summed E-state index contributed by atoms with van der Waals surface area (Å²) in [5, 5.41) is 0.756. The van der Waals surface area contributed by atoms with E-state index >= 15 is 0 Å². The summed E-state index contributed by atoms with van der Waals surface area (Å²) in [5.74, 6) is 0.221. The van der Waals surface area contributed by atoms with Crippen LogP contribution < -0.4 is 0 Å². The maximum atomic E-state index is 11.9. The number of nitrogens with zero attached hydrogens (tertiary/aromatic N) is 2. The van der Waals surface area contributed by atoms with Crippen LogP contribution in [0.25, 0.3) is 0 Å². The highest BCUT2D eigenvalue weighted by Gasteiger charge is 2.19. The molecule has 19 heavy (non-hydrogen) atoms. The van der Waals surface area contributed by atoms with Gasteiger partial charge in [0.2, 0.25) is 5.91 Å². The Labute approximate surface area is 119 Å². The van der Waals surface area contributed by atoms with E-state index in [9.17, 15) is 4.79 Å². The number of carbonyl (C=O) groups excluding carboxylic acids is 1. The van der Waals surface area contributed by atoms with Gasteiger partial charge >= 0.3 is 0 Å². The molecule has 102 valence electrons. The average Bonchev–Trinajstić information content (AvgIpc) is 2.57. The van der Waals surface area contributed by atoms with Crippen LogP contribution >= 0.6 is 11.6 Å². The van der Waals surface area contributed by atoms with Crippen molar-refractivity contribution in [2.45, 2.75) is 13.0 Å². The zero-order valence-electron chi connectivity index (χ0n) is 11.0. The first-order valence-electron chi connectivity index (χ1n) is 6.54. The van der Waals surface area contributed by atoms with Crippen LogP contribution in [-0.2, 0) is 11.3 Å². The third kappa shape index (κ3) is 4.08. The molecule has 0 unspecified atom stereocenters. The smallest absolute Gasteiger partial charge is 0.224 e. The van der Waals surface area contributed by atoms with Crippen molar-refractivity contribution < 1.29 is 4.79 Å². The largest absolute Gasteiger partial charge is 0.338 e. The van der Waals surface area contributed by atoms with Gasteiger partial charge in [-0.05, 0) is 17.7 Å². The van der Waals surface area contributed by atoms with Crippen molar-refractivity contribution in [2.24, 2.45) is 0 Å². The summed E-state index contributed by atoms with van der Waals surface area (Å²) in [5.41, 5.74) is 1.23. The van der Waals surface area contributed by atoms with Gasteiger partial charge in [0, 0.05) is 44.2 Å². The SMILES string of the molecule is C=CCN1CCN(Cc2ccc(Cl)cc2)CCC1=O. The van der Waals surface area contributed by atoms with E-state index in [4.69, 9.17) is 11.6 Å². The molecule has 0 aliphatic carbocycles. The van der Waals surface area contributed by atoms with Gasteiger partial charge in [0.1, 0.15) is 0 Å². The molecule has 0 spiro atoms. The quantitative estimate of drug-likeness (QED) is 0.791. The molecule has 1 aromatic rings. The van der Waals surface area contributed by atoms with E-state index in [0.717, 1.165) is 31.2 Å². The van der Waals surface area contributed by atoms with E-state index < -0.39 is 0 Å². The minimum atomic E-state index is 0.221. The second-order valence-electron chi connectivity index (χ2n) is 4.78. The lowest BCUT2D eigenvalue weighted by atomic mass is 10.2. The Morgan fingerprint density at radius 2 is 1.95 bits per heavy atom. The molecular weight excluding hydrogens is 260 g/mol. The van der Waals surface area contributed by atoms with Crippen molar-refractivity contribution in [3.8, 4) is 0 Å². The summed E-state index contributed by atoms with van der Waals surface area (Å²) in [6.45, 7) is 7.70. The van der Waals surface area contributed by atoms with Crippen molar-refractivity contribution in [3.05, 3.63) is 47.5 Å². The summed E-state index contributed by atoms with van der Waals surface area (Å²) >= 11 is 5.88. The van der Waals surface area contributed by atoms with E-state index in [1.54, 1.807) is 6.08 Å². The Bertz CT molecular complexity index is 444. The first-order valence-corrected chi connectivity index (χ1v) is 6.92. The minimum absolute atomic E-state index is 0.221. The van der Waals surface area contributed by atoms with Crippen LogP contribution in [0.2, 0.25) is 5.02 Å². The number of carbonyl (C=O) groups is 1. The molecule has 3 nitrogen and oxygen atoms in total. The molecule has 1 aliphatic rings. The van der Waals surface area contributed by atoms with E-state index in [1.165, 1.54) is 5.56 Å². The van der Waals surface area contributed by atoms with Crippen LogP contribution in [0.15, 0.2) is 36.9 Å². The molecule has 1 heterocycles. The summed E-state index contributed by atoms with van der Waals surface area (Å²) in [4.78, 5) is 16.1. The predicted molar refractivity (Wildman–Crippen MR) is 78.1 cm³/mol. The van der Waals surface area contributed by atoms with Crippen molar-refractivity contribution in [1.29, 1.82) is 0 Å². The monoisotopic (exact) mass is 278 g/mol. The molecule has 0 saturated carbocycles. The second-order valence-corrected chi connectivity index (χ2v) is 5.22. The summed E-state index contributed by atoms with van der Waals surface area (Å²) in [6.07, 6.45) is 2.37. The molecule has 1 fully saturated rings. The lowest BCUT2D eigenvalue weighted by Gasteiger charge is -2.21. The van der Waals surface area contributed by atoms with Crippen molar-refractivity contribution in [3.63, 3.8) is 0 Å². The van der Waals surface area contributed by atoms with Gasteiger partial charge in [0.25, 0.3) is 0 Å². The predicted octanol–water partition coefficient (Wildman–Crippen LogP) is 2.56. The minimum Gasteiger partial charge on any atom is -0.338 e. The number of amides is 1. The molecule has 0 atom stereocenters. The molecule has 1 amide bonds. The summed E-state index contributed by atoms with van der Waals surface area (Å²) in [7, 11) is 0. The zero-order valence-corrected chi connectivity index (χ0v) is 11.8. The van der Waals surface area contributed by atoms with Gasteiger partial charge in [-0.15, -0.1) is 6.58 Å². The van der Waals surface area contributed by atoms with E-state index in [-0.39, 0.29) is 5.91 Å². The van der Waals surface area contributed by atoms with Crippen molar-refractivity contribution in [1.82, 2.24) is 9.80 Å². The Balaban J connectivity index is 1.93. The molecule has 0 bridgehead atoms. The molecule has 0 radical (unpaired) electrons. The van der Waals surface area contributed by atoms with Crippen LogP contribution in [0.3, 0.4) is 0 Å². The third-order valence-electron chi connectivity index (χ3n) is 3.35. The molecule has 1 aromatic carbocycles. The van der Waals surface area contributed by atoms with E-state index in [1.807, 2.05) is 29.2 Å². The van der Waals surface area contributed by atoms with Crippen LogP contribution in [0.5, 0.6) is 0 Å². The zero-order chi connectivity index (χ0) is 13.7. The number of benzene rings is 1. The topological polar surface area (TPSA) is 23.6 Å². The van der Waals surface area contributed by atoms with E-state index in [2.05, 4.69) is 11.5 Å². The summed E-state index contributed by atoms with van der Waals surface area (Å²) in [6, 6.07) is 7.89. The Morgan fingerprint density at radius 3 is 2.63 bits per heavy atom. The first-order chi connectivity index (χ1) is 9.19. The van der Waals surface area contributed by atoms with Gasteiger partial charge in [-0.2, -0.15) is 0 Å². The fraction of sp³-hybridized carbons (Fsp3) is 0.400. The van der Waals surface area contributed by atoms with Gasteiger partial charge in [-0.1, -0.05) is 29.8 Å². The van der Waals surface area contributed by atoms with Crippen LogP contribution in [0, 0.1) is 0 Å². The van der Waals surface area contributed by atoms with E-state index in [0.29, 0.717) is 13.0 Å². The average molecular weight is 279 g/mol. The molecule has 0 aromatic heterocycles. The van der Waals surface area contributed by atoms with Crippen LogP contribution in [0.4, 0.5) is 0 Å². The lowest BCUT2D eigenvalue weighted by Crippen LogP contribution is -2.33. The Kier molecular flexibility index (Phi) is 5.00. The molecule has 2 rings (SSSR count). The summed E-state index contributed by atoms with van der Waals surface area (Å²) < 4.78 is 0. The Hall–Kier alpha value is -1.32. The highest BCUT2D eigenvalue weighted by Crippen LogP contribution is 2.13. The van der Waals surface area contributed by atoms with Gasteiger partial charge in [-0.25, -0.2) is 0 Å². The highest BCUT2D eigenvalue weighted by molar-refractivity contribution is 6.30. The number of halogens is 1. The molecule has 4 heteroatoms. The lowest BCUT2D eigenvalue weighted by molar-refractivity contribution is -0.129. The molecule has 1 aliphatic heterocycles. The fourth-order valence-corrected chi connectivity index (χ4v) is 2.39. The number of hydrogen-bond acceptors (Lipinski definition) is 2. The Morgan fingerprint density at radius 1 is 1.21 bits per heavy atom. The van der Waals surface area contributed by atoms with Gasteiger partial charge in [-0.3, -0.25) is 9.69 Å². The van der Waals surface area contributed by atoms with Gasteiger partial charge in [0.05, 0.1) is 0 Å². The second kappa shape index (κ2) is 6.73. The van der Waals surface area contributed by atoms with Gasteiger partial charge < -0.3 is 4.90 Å². The fourth-order valence-electron chi connectivity index (χ4n) is 2.27. The molecule has 0 N–H and O–H groups in total. The van der Waals surface area contributed by atoms with Crippen molar-refractivity contribution in [2.75, 3.05) is 26.2 Å². The number of hydrogen-bond donors (Lipinski definition) is 0. The first kappa shape index (κ1) is 14.1. The van der Waals surface area contributed by atoms with Crippen LogP contribution in [-0.4, -0.2) is 41.9 Å². The standard InChI is InChI=1S/C15H19ClN2O/c1-2-8-18-11-10-17(9-7-15(18)19)12-13-3-5-14(16)6-4-13/h2-6H,1,7-12H2. The molecular formula is C15H19ClN2O. The highest BCUT2D eigenvalue weighted by atomic mass is 35.5. The maximum Gasteiger partial charge on any atom is 0.224 e. The normalized spacial score (nSPS) is 17.3. The molecule has 1 saturated heterocycles. The van der Waals surface area contributed by atoms with Crippen LogP contribution in [0.1, 0.15) is 12.0 Å². The third-order valence-corrected chi connectivity index (χ3v) is 3.60. The maximum absolute atomic E-state index is 11.9. The van der Waals surface area contributed by atoms with Gasteiger partial charge in [0.15, 0.2) is 0 Å². The number of rotatable bonds is 4.